The number of rotatable bonds is 40. The Kier molecular flexibility index (Phi) is 31.1. The molecule has 5 atom stereocenters. The minimum absolute atomic E-state index is 0.0196. The summed E-state index contributed by atoms with van der Waals surface area (Å²) in [4.78, 5) is 135. The third kappa shape index (κ3) is 23.1. The van der Waals surface area contributed by atoms with Crippen LogP contribution in [0.15, 0.2) is 72.8 Å². The number of carbonyl (C=O) groups excluding carboxylic acids is 9. The molecule has 4 rings (SSSR count). The maximum Gasteiger partial charge on any atom is 0.303 e. The van der Waals surface area contributed by atoms with Gasteiger partial charge in [-0.05, 0) is 183 Å². The van der Waals surface area contributed by atoms with Gasteiger partial charge in [0.2, 0.25) is 23.6 Å². The van der Waals surface area contributed by atoms with Crippen molar-refractivity contribution >= 4 is 81.8 Å². The average molecular weight is 1250 g/mol. The number of ether oxygens (including phenoxy) is 4. The number of carboxylic acid groups (broad SMARTS) is 1. The van der Waals surface area contributed by atoms with E-state index in [0.29, 0.717) is 77.4 Å². The number of hydrogen-bond acceptors (Lipinski definition) is 19. The first-order valence-electron chi connectivity index (χ1n) is 29.6. The number of nitrogens with one attached hydrogen (secondary N) is 8. The van der Waals surface area contributed by atoms with E-state index in [1.54, 1.807) is 6.07 Å². The number of aliphatic carboxylic acids is 1. The van der Waals surface area contributed by atoms with Gasteiger partial charge in [0, 0.05) is 29.2 Å². The summed E-state index contributed by atoms with van der Waals surface area (Å²) in [6.45, 7) is 2.58. The van der Waals surface area contributed by atoms with Gasteiger partial charge in [0.25, 0.3) is 23.6 Å². The summed E-state index contributed by atoms with van der Waals surface area (Å²) in [5, 5.41) is 31.0. The van der Waals surface area contributed by atoms with Crippen LogP contribution in [0.4, 0.5) is 22.7 Å². The molecule has 0 saturated carbocycles. The molecule has 0 aliphatic rings. The van der Waals surface area contributed by atoms with Gasteiger partial charge in [0.05, 0.1) is 62.8 Å². The number of carbonyl (C=O) groups is 10. The van der Waals surface area contributed by atoms with Crippen LogP contribution in [0.25, 0.3) is 0 Å². The second-order valence-corrected chi connectivity index (χ2v) is 21.0. The van der Waals surface area contributed by atoms with Gasteiger partial charge in [-0.2, -0.15) is 0 Å². The molecule has 8 amide bonds. The largest absolute Gasteiger partial charge is 0.496 e. The molecule has 28 nitrogen and oxygen atoms in total. The molecule has 19 N–H and O–H groups in total. The van der Waals surface area contributed by atoms with Gasteiger partial charge in [-0.25, -0.2) is 0 Å². The van der Waals surface area contributed by atoms with Gasteiger partial charge in [-0.3, -0.25) is 47.9 Å². The van der Waals surface area contributed by atoms with Crippen molar-refractivity contribution in [2.45, 2.75) is 127 Å². The van der Waals surface area contributed by atoms with Gasteiger partial charge in [0.15, 0.2) is 5.78 Å². The monoisotopic (exact) mass is 1250 g/mol. The quantitative estimate of drug-likeness (QED) is 0.0284. The highest BCUT2D eigenvalue weighted by Gasteiger charge is 2.30. The molecule has 490 valence electrons. The zero-order valence-corrected chi connectivity index (χ0v) is 51.6. The lowest BCUT2D eigenvalue weighted by Crippen LogP contribution is -2.44. The van der Waals surface area contributed by atoms with Crippen LogP contribution in [0.1, 0.15) is 138 Å². The molecule has 0 radical (unpaired) electrons. The molecule has 0 heterocycles. The number of hydrogen-bond donors (Lipinski definition) is 14. The van der Waals surface area contributed by atoms with Gasteiger partial charge in [-0.1, -0.05) is 6.42 Å². The van der Waals surface area contributed by atoms with Crippen molar-refractivity contribution in [2.75, 3.05) is 75.9 Å². The highest BCUT2D eigenvalue weighted by molar-refractivity contribution is 6.08. The summed E-state index contributed by atoms with van der Waals surface area (Å²) in [6, 6.07) is 11.7. The lowest BCUT2D eigenvalue weighted by atomic mass is 10.0. The first-order chi connectivity index (χ1) is 43.1. The highest BCUT2D eigenvalue weighted by atomic mass is 16.5. The van der Waals surface area contributed by atoms with E-state index in [9.17, 15) is 47.9 Å². The Morgan fingerprint density at radius 2 is 0.656 bits per heavy atom. The molecular weight excluding hydrogens is 1170 g/mol. The number of unbranched alkanes of at least 4 members (excludes halogenated alkanes) is 4. The van der Waals surface area contributed by atoms with Crippen molar-refractivity contribution in [3.05, 3.63) is 95.1 Å². The van der Waals surface area contributed by atoms with E-state index < -0.39 is 89.2 Å². The fourth-order valence-electron chi connectivity index (χ4n) is 9.29. The minimum atomic E-state index is -1.21. The summed E-state index contributed by atoms with van der Waals surface area (Å²) < 4.78 is 21.9. The van der Waals surface area contributed by atoms with E-state index in [1.807, 2.05) is 0 Å². The fraction of sp³-hybridized carbons (Fsp3) is 0.452. The number of ketones is 1. The van der Waals surface area contributed by atoms with Gasteiger partial charge < -0.3 is 95.3 Å². The molecule has 0 bridgehead atoms. The van der Waals surface area contributed by atoms with Crippen LogP contribution in [0.2, 0.25) is 0 Å². The van der Waals surface area contributed by atoms with Crippen LogP contribution < -0.4 is 90.2 Å². The summed E-state index contributed by atoms with van der Waals surface area (Å²) in [5.74, 6) is -6.70. The Hall–Kier alpha value is -9.22. The predicted octanol–water partition coefficient (Wildman–Crippen LogP) is 3.27. The van der Waals surface area contributed by atoms with Crippen LogP contribution in [-0.2, 0) is 28.8 Å². The lowest BCUT2D eigenvalue weighted by Gasteiger charge is -2.22. The van der Waals surface area contributed by atoms with Gasteiger partial charge in [-0.15, -0.1) is 0 Å². The van der Waals surface area contributed by atoms with Gasteiger partial charge >= 0.3 is 5.97 Å². The molecule has 4 aromatic rings. The van der Waals surface area contributed by atoms with Crippen molar-refractivity contribution in [2.24, 2.45) is 28.7 Å². The Balaban J connectivity index is 1.56. The summed E-state index contributed by atoms with van der Waals surface area (Å²) in [6.07, 6.45) is 4.38. The Morgan fingerprint density at radius 3 is 0.911 bits per heavy atom. The number of nitrogens with two attached hydrogens (primary N) is 5. The number of carboxylic acids is 1. The zero-order chi connectivity index (χ0) is 66.3. The molecule has 4 aromatic carbocycles. The Morgan fingerprint density at radius 1 is 0.389 bits per heavy atom. The van der Waals surface area contributed by atoms with Crippen LogP contribution in [-0.4, -0.2) is 149 Å². The van der Waals surface area contributed by atoms with Crippen LogP contribution in [0.3, 0.4) is 0 Å². The van der Waals surface area contributed by atoms with Crippen molar-refractivity contribution in [3.63, 3.8) is 0 Å². The molecule has 0 fully saturated rings. The van der Waals surface area contributed by atoms with Crippen LogP contribution in [0.5, 0.6) is 23.0 Å². The third-order valence-electron chi connectivity index (χ3n) is 14.3. The van der Waals surface area contributed by atoms with E-state index in [2.05, 4.69) is 42.5 Å². The van der Waals surface area contributed by atoms with E-state index in [0.717, 1.165) is 0 Å². The van der Waals surface area contributed by atoms with Crippen molar-refractivity contribution in [1.82, 2.24) is 21.3 Å². The second-order valence-electron chi connectivity index (χ2n) is 21.0. The number of anilines is 4. The topological polar surface area (TPSA) is 454 Å². The molecule has 0 saturated heterocycles. The van der Waals surface area contributed by atoms with E-state index in [4.69, 9.17) is 52.7 Å². The first kappa shape index (κ1) is 73.3. The smallest absolute Gasteiger partial charge is 0.303 e. The van der Waals surface area contributed by atoms with E-state index in [-0.39, 0.29) is 107 Å². The Bertz CT molecular complexity index is 3130. The number of amides is 8. The summed E-state index contributed by atoms with van der Waals surface area (Å²) in [5.41, 5.74) is 29.5. The predicted molar refractivity (Wildman–Crippen MR) is 339 cm³/mol. The standard InChI is InChI=1S/C62H87N13O15/c1-36(76)46(22-27-54(77)78)72-55(79)41-33-38(19-24-50(41)87-2)69-60(84)48(16-8-12-30-65)74-57(81)43-35-40(21-26-52(43)89-4)71-62(86)49(17-9-13-31-66)75-58(82)44-34-39(20-25-53(44)90-5)70-61(85)47(15-7-11-29-64)73-56(80)42-32-37(18-23-51(42)88-3)68-59(83)45(67)14-6-10-28-63/h18-21,23-26,32-35,45-49H,6-17,22,27-31,63-67H2,1-5H3,(H,68,83)(H,69,84)(H,70,85)(H,71,86)(H,72,79)(H,73,80)(H,74,81)(H,75,82)(H,77,78)/t45-,46-,47-,48-,49-/m0/s1. The molecule has 0 spiro atoms. The number of methoxy groups -OCH3 is 4. The number of Topliss-reactive ketones (excluding diaryl/α,β-unsaturated/α-hetero) is 1. The molecule has 90 heavy (non-hydrogen) atoms. The van der Waals surface area contributed by atoms with Crippen LogP contribution in [0, 0.1) is 0 Å². The molecule has 0 aliphatic carbocycles. The Labute approximate surface area is 522 Å². The normalized spacial score (nSPS) is 12.5. The molecule has 0 aliphatic heterocycles. The lowest BCUT2D eigenvalue weighted by molar-refractivity contribution is -0.137. The average Bonchev–Trinajstić information content (AvgIpc) is 1.37. The van der Waals surface area contributed by atoms with Crippen LogP contribution >= 0.6 is 0 Å². The molecule has 0 unspecified atom stereocenters. The fourth-order valence-corrected chi connectivity index (χ4v) is 9.29. The molecule has 0 aromatic heterocycles. The maximum atomic E-state index is 14.3. The zero-order valence-electron chi connectivity index (χ0n) is 51.6. The third-order valence-corrected chi connectivity index (χ3v) is 14.3. The van der Waals surface area contributed by atoms with E-state index >= 15 is 0 Å². The second kappa shape index (κ2) is 38.2. The maximum absolute atomic E-state index is 14.3. The highest BCUT2D eigenvalue weighted by Crippen LogP contribution is 2.28. The molecular formula is C62H87N13O15. The number of benzene rings is 4. The van der Waals surface area contributed by atoms with Crippen molar-refractivity contribution in [1.29, 1.82) is 0 Å². The summed E-state index contributed by atoms with van der Waals surface area (Å²) >= 11 is 0. The first-order valence-corrected chi connectivity index (χ1v) is 29.6. The molecule has 28 heteroatoms. The minimum Gasteiger partial charge on any atom is -0.496 e. The van der Waals surface area contributed by atoms with Crippen molar-refractivity contribution in [3.8, 4) is 23.0 Å². The van der Waals surface area contributed by atoms with Crippen molar-refractivity contribution < 1.29 is 72.0 Å². The SMILES string of the molecule is COc1ccc(NC(=O)[C@H](CCCCN)NC(=O)c2cc(NC(=O)[C@H](CCCCN)NC(=O)c3cc(NC(=O)[C@H](CCCCN)NC(=O)c4cc(NC(=O)[C@@H](N)CCCCN)ccc4OC)ccc3OC)ccc2OC)cc1C(=O)N[C@@H](CCC(=O)O)C(C)=O. The van der Waals surface area contributed by atoms with Gasteiger partial charge in [0.1, 0.15) is 41.1 Å². The van der Waals surface area contributed by atoms with E-state index in [1.165, 1.54) is 102 Å². The summed E-state index contributed by atoms with van der Waals surface area (Å²) in [7, 11) is 5.34.